The Labute approximate surface area is 120 Å². The van der Waals surface area contributed by atoms with Gasteiger partial charge in [-0.25, -0.2) is 0 Å². The molecule has 96 valence electrons. The van der Waals surface area contributed by atoms with Crippen LogP contribution in [0.5, 0.6) is 5.75 Å². The number of nitrogens with zero attached hydrogens (tertiary/aromatic N) is 2. The van der Waals surface area contributed by atoms with Gasteiger partial charge in [0, 0.05) is 16.4 Å². The van der Waals surface area contributed by atoms with Crippen LogP contribution < -0.4 is 10.1 Å². The number of ether oxygens (including phenoxy) is 1. The fourth-order valence-corrected chi connectivity index (χ4v) is 1.82. The van der Waals surface area contributed by atoms with Gasteiger partial charge in [-0.3, -0.25) is 4.98 Å². The second-order valence-corrected chi connectivity index (χ2v) is 4.75. The predicted molar refractivity (Wildman–Crippen MR) is 76.9 cm³/mol. The highest BCUT2D eigenvalue weighted by Gasteiger charge is 2.11. The molecular weight excluding hydrogens is 306 g/mol. The largest absolute Gasteiger partial charge is 0.497 e. The number of hydrogen-bond acceptors (Lipinski definition) is 4. The first kappa shape index (κ1) is 13.4. The van der Waals surface area contributed by atoms with Crippen LogP contribution >= 0.6 is 15.9 Å². The van der Waals surface area contributed by atoms with Gasteiger partial charge in [0.2, 0.25) is 0 Å². The summed E-state index contributed by atoms with van der Waals surface area (Å²) in [7, 11) is 1.62. The second-order valence-electron chi connectivity index (χ2n) is 3.84. The van der Waals surface area contributed by atoms with Crippen LogP contribution in [0.2, 0.25) is 0 Å². The molecule has 0 aliphatic heterocycles. The van der Waals surface area contributed by atoms with E-state index in [0.29, 0.717) is 5.69 Å². The number of aromatic nitrogens is 1. The lowest BCUT2D eigenvalue weighted by atomic mass is 10.2. The Hall–Kier alpha value is -2.06. The fraction of sp³-hybridized carbons (Fsp3) is 0.143. The normalized spacial score (nSPS) is 11.4. The number of nitrogens with one attached hydrogen (secondary N) is 1. The standard InChI is InChI=1S/C14H12BrN3O/c1-19-12-5-3-11(4-6-12)18-14(8-16)13-7-2-10(15)9-17-13/h2-7,9,14,18H,1H3. The van der Waals surface area contributed by atoms with Crippen molar-refractivity contribution in [1.29, 1.82) is 5.26 Å². The molecule has 1 atom stereocenters. The molecule has 0 amide bonds. The van der Waals surface area contributed by atoms with E-state index in [0.717, 1.165) is 15.9 Å². The maximum absolute atomic E-state index is 9.22. The summed E-state index contributed by atoms with van der Waals surface area (Å²) >= 11 is 3.32. The highest BCUT2D eigenvalue weighted by Crippen LogP contribution is 2.21. The highest BCUT2D eigenvalue weighted by atomic mass is 79.9. The van der Waals surface area contributed by atoms with Gasteiger partial charge in [0.05, 0.1) is 18.9 Å². The van der Waals surface area contributed by atoms with Crippen molar-refractivity contribution in [1.82, 2.24) is 4.98 Å². The summed E-state index contributed by atoms with van der Waals surface area (Å²) in [5.74, 6) is 0.779. The Bertz CT molecular complexity index is 575. The first-order valence-electron chi connectivity index (χ1n) is 5.64. The van der Waals surface area contributed by atoms with Crippen LogP contribution in [0.25, 0.3) is 0 Å². The molecule has 1 heterocycles. The van der Waals surface area contributed by atoms with E-state index < -0.39 is 6.04 Å². The molecular formula is C14H12BrN3O. The average molecular weight is 318 g/mol. The zero-order valence-electron chi connectivity index (χ0n) is 10.3. The van der Waals surface area contributed by atoms with Gasteiger partial charge in [-0.1, -0.05) is 0 Å². The zero-order chi connectivity index (χ0) is 13.7. The van der Waals surface area contributed by atoms with Crippen molar-refractivity contribution in [3.63, 3.8) is 0 Å². The fourth-order valence-electron chi connectivity index (χ4n) is 1.58. The molecule has 0 bridgehead atoms. The molecule has 0 saturated carbocycles. The lowest BCUT2D eigenvalue weighted by molar-refractivity contribution is 0.415. The van der Waals surface area contributed by atoms with Crippen LogP contribution in [0, 0.1) is 11.3 Å². The van der Waals surface area contributed by atoms with E-state index in [9.17, 15) is 5.26 Å². The third-order valence-corrected chi connectivity index (χ3v) is 3.05. The van der Waals surface area contributed by atoms with E-state index in [2.05, 4.69) is 32.3 Å². The summed E-state index contributed by atoms with van der Waals surface area (Å²) in [6.07, 6.45) is 1.68. The number of hydrogen-bond donors (Lipinski definition) is 1. The van der Waals surface area contributed by atoms with Crippen LogP contribution in [-0.2, 0) is 0 Å². The zero-order valence-corrected chi connectivity index (χ0v) is 11.9. The SMILES string of the molecule is COc1ccc(NC(C#N)c2ccc(Br)cn2)cc1. The number of benzene rings is 1. The molecule has 0 aliphatic rings. The molecule has 1 aromatic carbocycles. The van der Waals surface area contributed by atoms with Gasteiger partial charge in [-0.2, -0.15) is 5.26 Å². The Balaban J connectivity index is 2.14. The van der Waals surface area contributed by atoms with E-state index in [4.69, 9.17) is 4.74 Å². The van der Waals surface area contributed by atoms with Gasteiger partial charge in [0.25, 0.3) is 0 Å². The molecule has 1 unspecified atom stereocenters. The molecule has 2 aromatic rings. The summed E-state index contributed by atoms with van der Waals surface area (Å²) in [4.78, 5) is 4.22. The van der Waals surface area contributed by atoms with Crippen molar-refractivity contribution >= 4 is 21.6 Å². The van der Waals surface area contributed by atoms with Crippen LogP contribution in [0.3, 0.4) is 0 Å². The number of methoxy groups -OCH3 is 1. The quantitative estimate of drug-likeness (QED) is 0.937. The van der Waals surface area contributed by atoms with Crippen LogP contribution in [0.4, 0.5) is 5.69 Å². The molecule has 0 aliphatic carbocycles. The van der Waals surface area contributed by atoms with E-state index in [1.165, 1.54) is 0 Å². The Morgan fingerprint density at radius 2 is 2.00 bits per heavy atom. The monoisotopic (exact) mass is 317 g/mol. The molecule has 0 saturated heterocycles. The Kier molecular flexibility index (Phi) is 4.37. The number of halogens is 1. The summed E-state index contributed by atoms with van der Waals surface area (Å²) in [6, 6.07) is 12.8. The molecule has 2 rings (SSSR count). The number of rotatable bonds is 4. The highest BCUT2D eigenvalue weighted by molar-refractivity contribution is 9.10. The van der Waals surface area contributed by atoms with Gasteiger partial charge >= 0.3 is 0 Å². The van der Waals surface area contributed by atoms with E-state index >= 15 is 0 Å². The van der Waals surface area contributed by atoms with Gasteiger partial charge in [-0.05, 0) is 52.3 Å². The van der Waals surface area contributed by atoms with Crippen molar-refractivity contribution in [2.24, 2.45) is 0 Å². The molecule has 1 aromatic heterocycles. The minimum atomic E-state index is -0.485. The average Bonchev–Trinajstić information content (AvgIpc) is 2.46. The molecule has 0 spiro atoms. The van der Waals surface area contributed by atoms with Crippen molar-refractivity contribution < 1.29 is 4.74 Å². The van der Waals surface area contributed by atoms with Crippen LogP contribution in [0.15, 0.2) is 47.1 Å². The third-order valence-electron chi connectivity index (χ3n) is 2.58. The summed E-state index contributed by atoms with van der Waals surface area (Å²) in [5, 5.41) is 12.3. The van der Waals surface area contributed by atoms with Gasteiger partial charge in [-0.15, -0.1) is 0 Å². The molecule has 19 heavy (non-hydrogen) atoms. The van der Waals surface area contributed by atoms with Crippen molar-refractivity contribution in [2.75, 3.05) is 12.4 Å². The van der Waals surface area contributed by atoms with Crippen molar-refractivity contribution in [3.05, 3.63) is 52.8 Å². The van der Waals surface area contributed by atoms with Gasteiger partial charge in [0.1, 0.15) is 5.75 Å². The first-order valence-corrected chi connectivity index (χ1v) is 6.44. The molecule has 1 N–H and O–H groups in total. The topological polar surface area (TPSA) is 57.9 Å². The van der Waals surface area contributed by atoms with E-state index in [-0.39, 0.29) is 0 Å². The Morgan fingerprint density at radius 1 is 1.26 bits per heavy atom. The Morgan fingerprint density at radius 3 is 2.53 bits per heavy atom. The van der Waals surface area contributed by atoms with Crippen LogP contribution in [0.1, 0.15) is 11.7 Å². The van der Waals surface area contributed by atoms with Crippen molar-refractivity contribution in [3.8, 4) is 11.8 Å². The number of nitriles is 1. The maximum atomic E-state index is 9.22. The third kappa shape index (κ3) is 3.46. The maximum Gasteiger partial charge on any atom is 0.157 e. The van der Waals surface area contributed by atoms with Gasteiger partial charge in [0.15, 0.2) is 6.04 Å². The first-order chi connectivity index (χ1) is 9.22. The molecule has 5 heteroatoms. The molecule has 0 radical (unpaired) electrons. The predicted octanol–water partition coefficient (Wildman–Crippen LogP) is 3.53. The van der Waals surface area contributed by atoms with E-state index in [1.807, 2.05) is 36.4 Å². The minimum Gasteiger partial charge on any atom is -0.497 e. The second kappa shape index (κ2) is 6.21. The van der Waals surface area contributed by atoms with Crippen molar-refractivity contribution in [2.45, 2.75) is 6.04 Å². The number of anilines is 1. The smallest absolute Gasteiger partial charge is 0.157 e. The van der Waals surface area contributed by atoms with Crippen LogP contribution in [-0.4, -0.2) is 12.1 Å². The minimum absolute atomic E-state index is 0.485. The summed E-state index contributed by atoms with van der Waals surface area (Å²) in [5.41, 5.74) is 1.53. The summed E-state index contributed by atoms with van der Waals surface area (Å²) < 4.78 is 5.97. The lowest BCUT2D eigenvalue weighted by Crippen LogP contribution is -2.09. The number of pyridine rings is 1. The van der Waals surface area contributed by atoms with Gasteiger partial charge < -0.3 is 10.1 Å². The molecule has 0 fully saturated rings. The summed E-state index contributed by atoms with van der Waals surface area (Å²) in [6.45, 7) is 0. The van der Waals surface area contributed by atoms with E-state index in [1.54, 1.807) is 13.3 Å². The molecule has 4 nitrogen and oxygen atoms in total. The lowest BCUT2D eigenvalue weighted by Gasteiger charge is -2.12.